The van der Waals surface area contributed by atoms with Crippen LogP contribution in [0.3, 0.4) is 0 Å². The zero-order chi connectivity index (χ0) is 19.6. The normalized spacial score (nSPS) is 10.3. The quantitative estimate of drug-likeness (QED) is 0.603. The molecule has 0 bridgehead atoms. The standard InChI is InChI=1S/C24H26N2O2/c1-28-23-14-12-20(13-15-23)18-25-24(27)16-17-26(22-10-6-3-7-11-22)19-21-8-4-2-5-9-21/h2-15H,16-19H2,1H3,(H,25,27). The van der Waals surface area contributed by atoms with Gasteiger partial charge in [0.2, 0.25) is 5.91 Å². The van der Waals surface area contributed by atoms with E-state index in [0.29, 0.717) is 19.5 Å². The number of benzene rings is 3. The van der Waals surface area contributed by atoms with Crippen molar-refractivity contribution in [2.24, 2.45) is 0 Å². The molecular weight excluding hydrogens is 348 g/mol. The second-order valence-corrected chi connectivity index (χ2v) is 6.62. The summed E-state index contributed by atoms with van der Waals surface area (Å²) >= 11 is 0. The molecule has 0 aliphatic heterocycles. The van der Waals surface area contributed by atoms with Gasteiger partial charge in [-0.25, -0.2) is 0 Å². The number of nitrogens with zero attached hydrogens (tertiary/aromatic N) is 1. The number of rotatable bonds is 9. The number of nitrogens with one attached hydrogen (secondary N) is 1. The van der Waals surface area contributed by atoms with Crippen molar-refractivity contribution in [2.75, 3.05) is 18.6 Å². The Kier molecular flexibility index (Phi) is 7.08. The van der Waals surface area contributed by atoms with E-state index in [1.54, 1.807) is 7.11 Å². The predicted octanol–water partition coefficient (Wildman–Crippen LogP) is 4.41. The summed E-state index contributed by atoms with van der Waals surface area (Å²) in [5.41, 5.74) is 3.40. The van der Waals surface area contributed by atoms with Gasteiger partial charge in [-0.1, -0.05) is 60.7 Å². The van der Waals surface area contributed by atoms with Crippen LogP contribution in [0.25, 0.3) is 0 Å². The highest BCUT2D eigenvalue weighted by Crippen LogP contribution is 2.17. The molecule has 0 aromatic heterocycles. The monoisotopic (exact) mass is 374 g/mol. The van der Waals surface area contributed by atoms with E-state index in [1.807, 2.05) is 60.7 Å². The maximum Gasteiger partial charge on any atom is 0.222 e. The van der Waals surface area contributed by atoms with Gasteiger partial charge in [-0.15, -0.1) is 0 Å². The van der Waals surface area contributed by atoms with Crippen LogP contribution in [0.5, 0.6) is 5.75 Å². The molecule has 0 fully saturated rings. The maximum absolute atomic E-state index is 12.4. The lowest BCUT2D eigenvalue weighted by atomic mass is 10.2. The lowest BCUT2D eigenvalue weighted by Gasteiger charge is -2.25. The number of hydrogen-bond donors (Lipinski definition) is 1. The molecule has 0 saturated heterocycles. The summed E-state index contributed by atoms with van der Waals surface area (Å²) in [6.45, 7) is 1.96. The smallest absolute Gasteiger partial charge is 0.222 e. The zero-order valence-corrected chi connectivity index (χ0v) is 16.2. The number of hydrogen-bond acceptors (Lipinski definition) is 3. The van der Waals surface area contributed by atoms with Gasteiger partial charge in [0, 0.05) is 31.7 Å². The Morgan fingerprint density at radius 3 is 2.14 bits per heavy atom. The third-order valence-corrected chi connectivity index (χ3v) is 4.60. The van der Waals surface area contributed by atoms with E-state index >= 15 is 0 Å². The van der Waals surface area contributed by atoms with Crippen LogP contribution in [0.4, 0.5) is 5.69 Å². The average molecular weight is 374 g/mol. The summed E-state index contributed by atoms with van der Waals surface area (Å²) in [5, 5.41) is 3.00. The molecule has 0 atom stereocenters. The highest BCUT2D eigenvalue weighted by molar-refractivity contribution is 5.76. The Balaban J connectivity index is 1.55. The number of carbonyl (C=O) groups is 1. The van der Waals surface area contributed by atoms with E-state index < -0.39 is 0 Å². The van der Waals surface area contributed by atoms with Gasteiger partial charge in [0.1, 0.15) is 5.75 Å². The highest BCUT2D eigenvalue weighted by atomic mass is 16.5. The predicted molar refractivity (Wildman–Crippen MR) is 113 cm³/mol. The van der Waals surface area contributed by atoms with E-state index in [0.717, 1.165) is 23.5 Å². The van der Waals surface area contributed by atoms with Crippen molar-refractivity contribution in [3.05, 3.63) is 96.1 Å². The number of amides is 1. The maximum atomic E-state index is 12.4. The van der Waals surface area contributed by atoms with E-state index in [-0.39, 0.29) is 5.91 Å². The number of carbonyl (C=O) groups excluding carboxylic acids is 1. The lowest BCUT2D eigenvalue weighted by Crippen LogP contribution is -2.30. The van der Waals surface area contributed by atoms with Gasteiger partial charge in [-0.2, -0.15) is 0 Å². The summed E-state index contributed by atoms with van der Waals surface area (Å²) in [5.74, 6) is 0.860. The van der Waals surface area contributed by atoms with Crippen molar-refractivity contribution in [1.29, 1.82) is 0 Å². The molecule has 0 saturated carbocycles. The third kappa shape index (κ3) is 5.88. The van der Waals surface area contributed by atoms with Gasteiger partial charge in [-0.3, -0.25) is 4.79 Å². The number of anilines is 1. The molecule has 3 aromatic rings. The summed E-state index contributed by atoms with van der Waals surface area (Å²) in [6, 6.07) is 28.3. The fraction of sp³-hybridized carbons (Fsp3) is 0.208. The number of para-hydroxylation sites is 1. The molecular formula is C24H26N2O2. The van der Waals surface area contributed by atoms with Gasteiger partial charge < -0.3 is 15.0 Å². The second kappa shape index (κ2) is 10.2. The largest absolute Gasteiger partial charge is 0.497 e. The van der Waals surface area contributed by atoms with Gasteiger partial charge in [-0.05, 0) is 35.4 Å². The Morgan fingerprint density at radius 2 is 1.50 bits per heavy atom. The van der Waals surface area contributed by atoms with Crippen LogP contribution < -0.4 is 15.0 Å². The van der Waals surface area contributed by atoms with Crippen molar-refractivity contribution in [2.45, 2.75) is 19.5 Å². The van der Waals surface area contributed by atoms with Crippen LogP contribution in [0.2, 0.25) is 0 Å². The molecule has 3 aromatic carbocycles. The molecule has 144 valence electrons. The van der Waals surface area contributed by atoms with Crippen molar-refractivity contribution in [3.63, 3.8) is 0 Å². The summed E-state index contributed by atoms with van der Waals surface area (Å²) < 4.78 is 5.16. The first-order valence-corrected chi connectivity index (χ1v) is 9.48. The minimum Gasteiger partial charge on any atom is -0.497 e. The van der Waals surface area contributed by atoms with E-state index in [1.165, 1.54) is 5.56 Å². The number of methoxy groups -OCH3 is 1. The average Bonchev–Trinajstić information content (AvgIpc) is 2.77. The van der Waals surface area contributed by atoms with Gasteiger partial charge >= 0.3 is 0 Å². The minimum atomic E-state index is 0.0461. The first kappa shape index (κ1) is 19.5. The van der Waals surface area contributed by atoms with E-state index in [2.05, 4.69) is 34.5 Å². The summed E-state index contributed by atoms with van der Waals surface area (Å²) in [6.07, 6.45) is 0.442. The van der Waals surface area contributed by atoms with Crippen molar-refractivity contribution < 1.29 is 9.53 Å². The van der Waals surface area contributed by atoms with Gasteiger partial charge in [0.25, 0.3) is 0 Å². The van der Waals surface area contributed by atoms with Crippen molar-refractivity contribution in [1.82, 2.24) is 5.32 Å². The molecule has 0 radical (unpaired) electrons. The summed E-state index contributed by atoms with van der Waals surface area (Å²) in [4.78, 5) is 14.6. The molecule has 28 heavy (non-hydrogen) atoms. The van der Waals surface area contributed by atoms with Crippen LogP contribution in [0.1, 0.15) is 17.5 Å². The van der Waals surface area contributed by atoms with Crippen LogP contribution >= 0.6 is 0 Å². The van der Waals surface area contributed by atoms with E-state index in [4.69, 9.17) is 4.74 Å². The highest BCUT2D eigenvalue weighted by Gasteiger charge is 2.10. The van der Waals surface area contributed by atoms with Crippen LogP contribution in [0, 0.1) is 0 Å². The minimum absolute atomic E-state index is 0.0461. The summed E-state index contributed by atoms with van der Waals surface area (Å²) in [7, 11) is 1.64. The van der Waals surface area contributed by atoms with Crippen molar-refractivity contribution >= 4 is 11.6 Å². The zero-order valence-electron chi connectivity index (χ0n) is 16.2. The molecule has 1 N–H and O–H groups in total. The van der Waals surface area contributed by atoms with Crippen LogP contribution in [0.15, 0.2) is 84.9 Å². The Hall–Kier alpha value is -3.27. The Labute approximate surface area is 166 Å². The topological polar surface area (TPSA) is 41.6 Å². The third-order valence-electron chi connectivity index (χ3n) is 4.60. The molecule has 0 heterocycles. The SMILES string of the molecule is COc1ccc(CNC(=O)CCN(Cc2ccccc2)c2ccccc2)cc1. The Morgan fingerprint density at radius 1 is 0.857 bits per heavy atom. The van der Waals surface area contributed by atoms with Crippen LogP contribution in [-0.2, 0) is 17.9 Å². The molecule has 3 rings (SSSR count). The fourth-order valence-corrected chi connectivity index (χ4v) is 3.01. The molecule has 0 aliphatic carbocycles. The first-order valence-electron chi connectivity index (χ1n) is 9.48. The van der Waals surface area contributed by atoms with Crippen molar-refractivity contribution in [3.8, 4) is 5.75 Å². The van der Waals surface area contributed by atoms with Gasteiger partial charge in [0.15, 0.2) is 0 Å². The first-order chi connectivity index (χ1) is 13.7. The van der Waals surface area contributed by atoms with Gasteiger partial charge in [0.05, 0.1) is 7.11 Å². The Bertz CT molecular complexity index is 849. The lowest BCUT2D eigenvalue weighted by molar-refractivity contribution is -0.121. The molecule has 0 unspecified atom stereocenters. The fourth-order valence-electron chi connectivity index (χ4n) is 3.01. The molecule has 4 nitrogen and oxygen atoms in total. The molecule has 4 heteroatoms. The van der Waals surface area contributed by atoms with Crippen LogP contribution in [-0.4, -0.2) is 19.6 Å². The van der Waals surface area contributed by atoms with E-state index in [9.17, 15) is 4.79 Å². The number of ether oxygens (including phenoxy) is 1. The second-order valence-electron chi connectivity index (χ2n) is 6.62. The molecule has 0 aliphatic rings. The molecule has 0 spiro atoms. The molecule has 1 amide bonds.